The van der Waals surface area contributed by atoms with Gasteiger partial charge in [-0.3, -0.25) is 4.79 Å². The number of aromatic nitrogens is 1. The number of para-hydroxylation sites is 1. The summed E-state index contributed by atoms with van der Waals surface area (Å²) < 4.78 is 5.25. The third-order valence-electron chi connectivity index (χ3n) is 5.44. The second-order valence-electron chi connectivity index (χ2n) is 7.03. The number of carbonyl (C=O) groups excluding carboxylic acids is 1. The highest BCUT2D eigenvalue weighted by atomic mass is 16.5. The number of benzene rings is 2. The summed E-state index contributed by atoms with van der Waals surface area (Å²) in [5, 5.41) is 0.905. The minimum absolute atomic E-state index is 0.0871. The topological polar surface area (TPSA) is 45.7 Å². The van der Waals surface area contributed by atoms with Crippen molar-refractivity contribution in [2.24, 2.45) is 0 Å². The van der Waals surface area contributed by atoms with Crippen molar-refractivity contribution in [3.8, 4) is 17.0 Å². The molecule has 2 aromatic carbocycles. The second-order valence-corrected chi connectivity index (χ2v) is 7.03. The molecule has 28 heavy (non-hydrogen) atoms. The second kappa shape index (κ2) is 7.98. The molecule has 0 unspecified atom stereocenters. The fraction of sp³-hybridized carbons (Fsp3) is 0.304. The molecule has 144 valence electrons. The van der Waals surface area contributed by atoms with Crippen LogP contribution in [-0.4, -0.2) is 60.5 Å². The molecule has 1 saturated heterocycles. The third kappa shape index (κ3) is 3.58. The van der Waals surface area contributed by atoms with Gasteiger partial charge in [-0.15, -0.1) is 0 Å². The zero-order valence-electron chi connectivity index (χ0n) is 16.4. The lowest BCUT2D eigenvalue weighted by Crippen LogP contribution is -2.48. The molecule has 1 aliphatic rings. The van der Waals surface area contributed by atoms with Gasteiger partial charge in [0.05, 0.1) is 23.9 Å². The Morgan fingerprint density at radius 1 is 1.04 bits per heavy atom. The molecule has 1 fully saturated rings. The number of rotatable bonds is 4. The number of methoxy groups -OCH3 is 1. The van der Waals surface area contributed by atoms with Crippen LogP contribution in [0.2, 0.25) is 0 Å². The van der Waals surface area contributed by atoms with Crippen LogP contribution in [-0.2, 0) is 0 Å². The van der Waals surface area contributed by atoms with Crippen molar-refractivity contribution < 1.29 is 9.53 Å². The van der Waals surface area contributed by atoms with E-state index < -0.39 is 0 Å². The smallest absolute Gasteiger partial charge is 0.254 e. The van der Waals surface area contributed by atoms with Crippen molar-refractivity contribution >= 4 is 16.8 Å². The number of hydrogen-bond acceptors (Lipinski definition) is 4. The Hall–Kier alpha value is -2.92. The highest BCUT2D eigenvalue weighted by Gasteiger charge is 2.23. The zero-order valence-corrected chi connectivity index (χ0v) is 16.4. The average Bonchev–Trinajstić information content (AvgIpc) is 2.78. The van der Waals surface area contributed by atoms with E-state index in [0.29, 0.717) is 0 Å². The summed E-state index contributed by atoms with van der Waals surface area (Å²) in [6.07, 6.45) is 0. The van der Waals surface area contributed by atoms with E-state index in [4.69, 9.17) is 9.72 Å². The van der Waals surface area contributed by atoms with E-state index in [0.717, 1.165) is 66.2 Å². The summed E-state index contributed by atoms with van der Waals surface area (Å²) in [7, 11) is 1.65. The van der Waals surface area contributed by atoms with Crippen LogP contribution in [0.1, 0.15) is 17.3 Å². The highest BCUT2D eigenvalue weighted by Crippen LogP contribution is 2.27. The highest BCUT2D eigenvalue weighted by molar-refractivity contribution is 6.07. The van der Waals surface area contributed by atoms with Crippen molar-refractivity contribution in [1.29, 1.82) is 0 Å². The van der Waals surface area contributed by atoms with Crippen molar-refractivity contribution in [3.63, 3.8) is 0 Å². The molecule has 4 rings (SSSR count). The summed E-state index contributed by atoms with van der Waals surface area (Å²) in [6, 6.07) is 17.6. The first-order chi connectivity index (χ1) is 13.7. The molecule has 0 atom stereocenters. The van der Waals surface area contributed by atoms with Crippen LogP contribution in [0.4, 0.5) is 0 Å². The molecule has 0 N–H and O–H groups in total. The third-order valence-corrected chi connectivity index (χ3v) is 5.44. The summed E-state index contributed by atoms with van der Waals surface area (Å²) in [5.41, 5.74) is 3.33. The van der Waals surface area contributed by atoms with E-state index in [-0.39, 0.29) is 5.91 Å². The Kier molecular flexibility index (Phi) is 5.26. The monoisotopic (exact) mass is 375 g/mol. The van der Waals surface area contributed by atoms with Gasteiger partial charge < -0.3 is 14.5 Å². The van der Waals surface area contributed by atoms with Gasteiger partial charge in [-0.2, -0.15) is 0 Å². The van der Waals surface area contributed by atoms with E-state index in [9.17, 15) is 4.79 Å². The van der Waals surface area contributed by atoms with Crippen LogP contribution in [0.15, 0.2) is 54.6 Å². The predicted molar refractivity (Wildman–Crippen MR) is 112 cm³/mol. The molecule has 1 aliphatic heterocycles. The summed E-state index contributed by atoms with van der Waals surface area (Å²) in [6.45, 7) is 6.58. The molecule has 5 nitrogen and oxygen atoms in total. The van der Waals surface area contributed by atoms with Crippen molar-refractivity contribution in [2.45, 2.75) is 6.92 Å². The Morgan fingerprint density at radius 3 is 2.43 bits per heavy atom. The lowest BCUT2D eigenvalue weighted by atomic mass is 10.0. The molecule has 1 amide bonds. The van der Waals surface area contributed by atoms with Gasteiger partial charge in [-0.1, -0.05) is 25.1 Å². The van der Waals surface area contributed by atoms with Crippen LogP contribution in [0.3, 0.4) is 0 Å². The molecular weight excluding hydrogens is 350 g/mol. The van der Waals surface area contributed by atoms with E-state index in [2.05, 4.69) is 11.8 Å². The molecule has 0 bridgehead atoms. The zero-order chi connectivity index (χ0) is 19.5. The van der Waals surface area contributed by atoms with Gasteiger partial charge in [-0.05, 0) is 42.9 Å². The number of amides is 1. The Balaban J connectivity index is 1.73. The van der Waals surface area contributed by atoms with Gasteiger partial charge in [0.1, 0.15) is 5.75 Å². The summed E-state index contributed by atoms with van der Waals surface area (Å²) in [4.78, 5) is 22.5. The molecule has 5 heteroatoms. The fourth-order valence-electron chi connectivity index (χ4n) is 3.70. The van der Waals surface area contributed by atoms with E-state index in [1.54, 1.807) is 7.11 Å². The van der Waals surface area contributed by atoms with Crippen molar-refractivity contribution in [1.82, 2.24) is 14.8 Å². The van der Waals surface area contributed by atoms with Crippen LogP contribution in [0.5, 0.6) is 5.75 Å². The van der Waals surface area contributed by atoms with Crippen molar-refractivity contribution in [2.75, 3.05) is 39.8 Å². The first-order valence-electron chi connectivity index (χ1n) is 9.75. The van der Waals surface area contributed by atoms with Gasteiger partial charge in [-0.25, -0.2) is 4.98 Å². The largest absolute Gasteiger partial charge is 0.497 e. The maximum atomic E-state index is 13.4. The number of carbonyl (C=O) groups is 1. The maximum Gasteiger partial charge on any atom is 0.254 e. The first kappa shape index (κ1) is 18.4. The standard InChI is InChI=1S/C23H25N3O2/c1-3-25-12-14-26(15-13-25)23(27)20-16-22(17-8-10-18(28-2)11-9-17)24-21-7-5-4-6-19(20)21/h4-11,16H,3,12-15H2,1-2H3. The van der Waals surface area contributed by atoms with Crippen LogP contribution < -0.4 is 4.74 Å². The Morgan fingerprint density at radius 2 is 1.75 bits per heavy atom. The number of ether oxygens (including phenoxy) is 1. The minimum Gasteiger partial charge on any atom is -0.497 e. The van der Waals surface area contributed by atoms with Crippen LogP contribution in [0.25, 0.3) is 22.2 Å². The fourth-order valence-corrected chi connectivity index (χ4v) is 3.70. The number of pyridine rings is 1. The minimum atomic E-state index is 0.0871. The first-order valence-corrected chi connectivity index (χ1v) is 9.75. The van der Waals surface area contributed by atoms with Crippen LogP contribution in [0, 0.1) is 0 Å². The maximum absolute atomic E-state index is 13.4. The molecule has 2 heterocycles. The average molecular weight is 375 g/mol. The number of fused-ring (bicyclic) bond motifs is 1. The molecule has 0 spiro atoms. The quantitative estimate of drug-likeness (QED) is 0.698. The molecule has 0 radical (unpaired) electrons. The Labute approximate surface area is 165 Å². The molecule has 0 saturated carbocycles. The SMILES string of the molecule is CCN1CCN(C(=O)c2cc(-c3ccc(OC)cc3)nc3ccccc23)CC1. The van der Waals surface area contributed by atoms with Gasteiger partial charge in [0.15, 0.2) is 0 Å². The normalized spacial score (nSPS) is 15.0. The summed E-state index contributed by atoms with van der Waals surface area (Å²) in [5.74, 6) is 0.888. The lowest BCUT2D eigenvalue weighted by Gasteiger charge is -2.34. The van der Waals surface area contributed by atoms with Gasteiger partial charge in [0.2, 0.25) is 0 Å². The lowest BCUT2D eigenvalue weighted by molar-refractivity contribution is 0.0645. The summed E-state index contributed by atoms with van der Waals surface area (Å²) >= 11 is 0. The van der Waals surface area contributed by atoms with Crippen molar-refractivity contribution in [3.05, 3.63) is 60.2 Å². The number of nitrogens with zero attached hydrogens (tertiary/aromatic N) is 3. The number of hydrogen-bond donors (Lipinski definition) is 0. The van der Waals surface area contributed by atoms with Gasteiger partial charge in [0.25, 0.3) is 5.91 Å². The van der Waals surface area contributed by atoms with E-state index in [1.807, 2.05) is 59.5 Å². The number of likely N-dealkylation sites (N-methyl/N-ethyl adjacent to an activating group) is 1. The van der Waals surface area contributed by atoms with Crippen LogP contribution >= 0.6 is 0 Å². The van der Waals surface area contributed by atoms with E-state index >= 15 is 0 Å². The van der Waals surface area contributed by atoms with E-state index in [1.165, 1.54) is 0 Å². The number of piperazine rings is 1. The molecule has 3 aromatic rings. The van der Waals surface area contributed by atoms with Gasteiger partial charge >= 0.3 is 0 Å². The Bertz CT molecular complexity index is 977. The molecule has 1 aromatic heterocycles. The predicted octanol–water partition coefficient (Wildman–Crippen LogP) is 3.69. The molecular formula is C23H25N3O2. The van der Waals surface area contributed by atoms with Gasteiger partial charge in [0, 0.05) is 37.1 Å². The molecule has 0 aliphatic carbocycles.